The first-order valence-corrected chi connectivity index (χ1v) is 6.91. The second-order valence-electron chi connectivity index (χ2n) is 5.37. The lowest BCUT2D eigenvalue weighted by Gasteiger charge is -2.10. The number of benzene rings is 1. The van der Waals surface area contributed by atoms with Gasteiger partial charge in [0.1, 0.15) is 0 Å². The van der Waals surface area contributed by atoms with E-state index in [1.54, 1.807) is 7.05 Å². The highest BCUT2D eigenvalue weighted by Gasteiger charge is 2.07. The lowest BCUT2D eigenvalue weighted by atomic mass is 10.1. The van der Waals surface area contributed by atoms with E-state index in [0.717, 1.165) is 23.4 Å². The molecule has 4 nitrogen and oxygen atoms in total. The summed E-state index contributed by atoms with van der Waals surface area (Å²) in [6.45, 7) is 5.76. The average Bonchev–Trinajstić information content (AvgIpc) is 2.44. The van der Waals surface area contributed by atoms with Gasteiger partial charge in [-0.1, -0.05) is 44.2 Å². The van der Waals surface area contributed by atoms with Gasteiger partial charge in [0.2, 0.25) is 0 Å². The molecule has 20 heavy (non-hydrogen) atoms. The third-order valence-corrected chi connectivity index (χ3v) is 3.07. The molecule has 0 saturated carbocycles. The van der Waals surface area contributed by atoms with Crippen molar-refractivity contribution < 1.29 is 0 Å². The van der Waals surface area contributed by atoms with Crippen molar-refractivity contribution in [1.82, 2.24) is 15.1 Å². The van der Waals surface area contributed by atoms with Gasteiger partial charge in [-0.2, -0.15) is 5.10 Å². The molecular formula is C16H21N3O. The lowest BCUT2D eigenvalue weighted by molar-refractivity contribution is 0.547. The summed E-state index contributed by atoms with van der Waals surface area (Å²) < 4.78 is 1.41. The Labute approximate surface area is 119 Å². The maximum Gasteiger partial charge on any atom is 0.271 e. The Balaban J connectivity index is 2.28. The average molecular weight is 271 g/mol. The Morgan fingerprint density at radius 1 is 1.25 bits per heavy atom. The van der Waals surface area contributed by atoms with Crippen molar-refractivity contribution in [2.75, 3.05) is 6.54 Å². The first kappa shape index (κ1) is 14.5. The zero-order valence-electron chi connectivity index (χ0n) is 12.3. The Hall–Kier alpha value is -1.94. The van der Waals surface area contributed by atoms with E-state index in [1.807, 2.05) is 36.4 Å². The van der Waals surface area contributed by atoms with Crippen molar-refractivity contribution >= 4 is 0 Å². The fourth-order valence-corrected chi connectivity index (χ4v) is 2.04. The number of rotatable bonds is 5. The molecule has 0 bridgehead atoms. The smallest absolute Gasteiger partial charge is 0.271 e. The minimum Gasteiger partial charge on any atom is -0.312 e. The lowest BCUT2D eigenvalue weighted by Crippen LogP contribution is -2.29. The van der Waals surface area contributed by atoms with Crippen molar-refractivity contribution in [3.8, 4) is 11.3 Å². The van der Waals surface area contributed by atoms with Gasteiger partial charge in [-0.05, 0) is 18.5 Å². The topological polar surface area (TPSA) is 46.9 Å². The summed E-state index contributed by atoms with van der Waals surface area (Å²) in [5.41, 5.74) is 2.56. The monoisotopic (exact) mass is 271 g/mol. The molecule has 4 heteroatoms. The van der Waals surface area contributed by atoms with Crippen LogP contribution in [0.15, 0.2) is 41.2 Å². The molecule has 1 heterocycles. The third kappa shape index (κ3) is 3.54. The van der Waals surface area contributed by atoms with Crippen LogP contribution >= 0.6 is 0 Å². The van der Waals surface area contributed by atoms with Crippen molar-refractivity contribution in [3.05, 3.63) is 52.3 Å². The SMILES string of the molecule is CC(C)CNCc1cc(-c2ccccc2)nn(C)c1=O. The van der Waals surface area contributed by atoms with Crippen molar-refractivity contribution in [2.24, 2.45) is 13.0 Å². The number of hydrogen-bond donors (Lipinski definition) is 1. The molecule has 0 aliphatic rings. The Morgan fingerprint density at radius 3 is 2.60 bits per heavy atom. The van der Waals surface area contributed by atoms with E-state index < -0.39 is 0 Å². The van der Waals surface area contributed by atoms with Crippen LogP contribution in [-0.4, -0.2) is 16.3 Å². The van der Waals surface area contributed by atoms with Crippen molar-refractivity contribution in [3.63, 3.8) is 0 Å². The summed E-state index contributed by atoms with van der Waals surface area (Å²) in [4.78, 5) is 12.1. The van der Waals surface area contributed by atoms with Crippen LogP contribution in [0.25, 0.3) is 11.3 Å². The van der Waals surface area contributed by atoms with Crippen LogP contribution < -0.4 is 10.9 Å². The highest BCUT2D eigenvalue weighted by atomic mass is 16.1. The van der Waals surface area contributed by atoms with Crippen LogP contribution in [0.2, 0.25) is 0 Å². The van der Waals surface area contributed by atoms with E-state index in [4.69, 9.17) is 0 Å². The van der Waals surface area contributed by atoms with E-state index >= 15 is 0 Å². The summed E-state index contributed by atoms with van der Waals surface area (Å²) in [5, 5.41) is 7.63. The van der Waals surface area contributed by atoms with Crippen LogP contribution in [0, 0.1) is 5.92 Å². The largest absolute Gasteiger partial charge is 0.312 e. The zero-order chi connectivity index (χ0) is 14.5. The molecule has 1 aromatic heterocycles. The van der Waals surface area contributed by atoms with E-state index in [1.165, 1.54) is 4.68 Å². The van der Waals surface area contributed by atoms with Crippen LogP contribution in [0.1, 0.15) is 19.4 Å². The van der Waals surface area contributed by atoms with Gasteiger partial charge < -0.3 is 5.32 Å². The molecule has 2 rings (SSSR count). The molecule has 1 aromatic carbocycles. The number of hydrogen-bond acceptors (Lipinski definition) is 3. The first-order chi connectivity index (χ1) is 9.58. The third-order valence-electron chi connectivity index (χ3n) is 3.07. The second kappa shape index (κ2) is 6.48. The molecule has 0 aliphatic heterocycles. The molecule has 1 N–H and O–H groups in total. The zero-order valence-corrected chi connectivity index (χ0v) is 12.3. The maximum absolute atomic E-state index is 12.1. The van der Waals surface area contributed by atoms with Gasteiger partial charge in [0, 0.05) is 24.7 Å². The maximum atomic E-state index is 12.1. The van der Waals surface area contributed by atoms with Gasteiger partial charge in [-0.3, -0.25) is 4.79 Å². The Bertz CT molecular complexity index is 617. The van der Waals surface area contributed by atoms with Crippen LogP contribution in [0.3, 0.4) is 0 Å². The minimum atomic E-state index is -0.0408. The molecule has 0 aliphatic carbocycles. The van der Waals surface area contributed by atoms with Gasteiger partial charge >= 0.3 is 0 Å². The van der Waals surface area contributed by atoms with Crippen LogP contribution in [0.5, 0.6) is 0 Å². The van der Waals surface area contributed by atoms with Crippen LogP contribution in [-0.2, 0) is 13.6 Å². The predicted octanol–water partition coefficient (Wildman–Crippen LogP) is 2.19. The van der Waals surface area contributed by atoms with Gasteiger partial charge in [-0.25, -0.2) is 4.68 Å². The summed E-state index contributed by atoms with van der Waals surface area (Å²) in [5.74, 6) is 0.564. The molecule has 0 spiro atoms. The molecular weight excluding hydrogens is 250 g/mol. The quantitative estimate of drug-likeness (QED) is 0.907. The van der Waals surface area contributed by atoms with Gasteiger partial charge in [0.05, 0.1) is 5.69 Å². The molecule has 0 unspecified atom stereocenters. The molecule has 0 saturated heterocycles. The Kier molecular flexibility index (Phi) is 4.69. The van der Waals surface area contributed by atoms with Gasteiger partial charge in [0.15, 0.2) is 0 Å². The summed E-state index contributed by atoms with van der Waals surface area (Å²) >= 11 is 0. The Morgan fingerprint density at radius 2 is 1.95 bits per heavy atom. The molecule has 0 radical (unpaired) electrons. The fourth-order valence-electron chi connectivity index (χ4n) is 2.04. The molecule has 0 atom stereocenters. The fraction of sp³-hybridized carbons (Fsp3) is 0.375. The second-order valence-corrected chi connectivity index (χ2v) is 5.37. The van der Waals surface area contributed by atoms with Crippen LogP contribution in [0.4, 0.5) is 0 Å². The van der Waals surface area contributed by atoms with E-state index in [0.29, 0.717) is 12.5 Å². The van der Waals surface area contributed by atoms with E-state index in [2.05, 4.69) is 24.3 Å². The molecule has 2 aromatic rings. The molecule has 0 amide bonds. The summed E-state index contributed by atoms with van der Waals surface area (Å²) in [7, 11) is 1.70. The van der Waals surface area contributed by atoms with E-state index in [9.17, 15) is 4.79 Å². The van der Waals surface area contributed by atoms with E-state index in [-0.39, 0.29) is 5.56 Å². The predicted molar refractivity (Wildman–Crippen MR) is 81.5 cm³/mol. The number of nitrogens with zero attached hydrogens (tertiary/aromatic N) is 2. The normalized spacial score (nSPS) is 11.0. The van der Waals surface area contributed by atoms with Crippen molar-refractivity contribution in [2.45, 2.75) is 20.4 Å². The summed E-state index contributed by atoms with van der Waals surface area (Å²) in [6.07, 6.45) is 0. The number of aryl methyl sites for hydroxylation is 1. The van der Waals surface area contributed by atoms with Crippen molar-refractivity contribution in [1.29, 1.82) is 0 Å². The summed E-state index contributed by atoms with van der Waals surface area (Å²) in [6, 6.07) is 11.8. The van der Waals surface area contributed by atoms with Gasteiger partial charge in [0.25, 0.3) is 5.56 Å². The molecule has 0 fully saturated rings. The highest BCUT2D eigenvalue weighted by Crippen LogP contribution is 2.15. The minimum absolute atomic E-state index is 0.0408. The standard InChI is InChI=1S/C16H21N3O/c1-12(2)10-17-11-14-9-15(18-19(3)16(14)20)13-7-5-4-6-8-13/h4-9,12,17H,10-11H2,1-3H3. The molecule has 106 valence electrons. The number of aromatic nitrogens is 2. The number of nitrogens with one attached hydrogen (secondary N) is 1. The highest BCUT2D eigenvalue weighted by molar-refractivity contribution is 5.58. The van der Waals surface area contributed by atoms with Gasteiger partial charge in [-0.15, -0.1) is 0 Å². The first-order valence-electron chi connectivity index (χ1n) is 6.91.